The Hall–Kier alpha value is -3.61. The van der Waals surface area contributed by atoms with Gasteiger partial charge in [0.2, 0.25) is 0 Å². The monoisotopic (exact) mass is 457 g/mol. The number of benzene rings is 3. The first-order valence-electron chi connectivity index (χ1n) is 10.7. The number of sulfonamides is 1. The Morgan fingerprint density at radius 3 is 2.36 bits per heavy atom. The van der Waals surface area contributed by atoms with Gasteiger partial charge in [0, 0.05) is 23.4 Å². The third-order valence-electron chi connectivity index (χ3n) is 6.71. The summed E-state index contributed by atoms with van der Waals surface area (Å²) in [5.41, 5.74) is 11.4. The topological polar surface area (TPSA) is 98.5 Å². The maximum absolute atomic E-state index is 13.8. The summed E-state index contributed by atoms with van der Waals surface area (Å²) in [5, 5.41) is 4.38. The molecule has 33 heavy (non-hydrogen) atoms. The minimum Gasteiger partial charge on any atom is -0.287 e. The van der Waals surface area contributed by atoms with Crippen LogP contribution in [0.25, 0.3) is 10.4 Å². The van der Waals surface area contributed by atoms with Gasteiger partial charge in [-0.15, -0.1) is 0 Å². The van der Waals surface area contributed by atoms with Crippen LogP contribution in [0, 0.1) is 12.3 Å². The predicted molar refractivity (Wildman–Crippen MR) is 129 cm³/mol. The van der Waals surface area contributed by atoms with Gasteiger partial charge in [-0.25, -0.2) is 8.42 Å². The van der Waals surface area contributed by atoms with Crippen molar-refractivity contribution in [3.8, 4) is 0 Å². The van der Waals surface area contributed by atoms with Gasteiger partial charge in [-0.3, -0.25) is 9.30 Å². The van der Waals surface area contributed by atoms with Crippen LogP contribution in [0.1, 0.15) is 23.6 Å². The summed E-state index contributed by atoms with van der Waals surface area (Å²) in [6, 6.07) is 23.8. The number of anilines is 1. The highest BCUT2D eigenvalue weighted by molar-refractivity contribution is 7.92. The molecule has 0 N–H and O–H groups in total. The first-order valence-corrected chi connectivity index (χ1v) is 12.1. The molecule has 166 valence electrons. The number of aryl methyl sites for hydroxylation is 1. The SMILES string of the molecule is Cc1ccc(S(=O)(=O)N2C[C@@]3(C)CN=C(c4ccccc4)[C@@]3(N=[N+]=[N-])c3ccccc32)cc1. The van der Waals surface area contributed by atoms with E-state index in [9.17, 15) is 13.9 Å². The van der Waals surface area contributed by atoms with Gasteiger partial charge in [0.1, 0.15) is 5.54 Å². The standard InChI is InChI=1S/C25H23N5O2S/c1-18-12-14-20(15-13-18)33(31,32)30-17-24(2)16-27-23(19-8-4-3-5-9-19)25(24,28-29-26)21-10-6-7-11-22(21)30/h3-15H,16-17H2,1-2H3/t24-,25+/m1/s1. The normalized spacial score (nSPS) is 23.8. The Kier molecular flexibility index (Phi) is 4.81. The number of rotatable bonds is 4. The van der Waals surface area contributed by atoms with Crippen LogP contribution in [0.5, 0.6) is 0 Å². The lowest BCUT2D eigenvalue weighted by Crippen LogP contribution is -2.57. The highest BCUT2D eigenvalue weighted by Crippen LogP contribution is 2.57. The number of aliphatic imine (C=N–C) groups is 1. The second kappa shape index (κ2) is 7.47. The molecule has 2 aliphatic rings. The molecule has 0 bridgehead atoms. The van der Waals surface area contributed by atoms with Crippen LogP contribution in [-0.4, -0.2) is 27.2 Å². The lowest BCUT2D eigenvalue weighted by molar-refractivity contribution is 0.239. The summed E-state index contributed by atoms with van der Waals surface area (Å²) in [5.74, 6) is 0. The number of hydrogen-bond donors (Lipinski definition) is 0. The van der Waals surface area contributed by atoms with Gasteiger partial charge in [0.25, 0.3) is 10.0 Å². The molecule has 2 aliphatic heterocycles. The fourth-order valence-corrected chi connectivity index (χ4v) is 6.63. The van der Waals surface area contributed by atoms with E-state index in [1.165, 1.54) is 4.31 Å². The van der Waals surface area contributed by atoms with E-state index in [1.807, 2.05) is 56.3 Å². The van der Waals surface area contributed by atoms with Crippen LogP contribution < -0.4 is 4.31 Å². The van der Waals surface area contributed by atoms with Crippen molar-refractivity contribution >= 4 is 21.4 Å². The molecule has 0 spiro atoms. The quantitative estimate of drug-likeness (QED) is 0.305. The molecule has 5 rings (SSSR count). The lowest BCUT2D eigenvalue weighted by atomic mass is 9.63. The van der Waals surface area contributed by atoms with Gasteiger partial charge in [0.05, 0.1) is 16.3 Å². The second-order valence-electron chi connectivity index (χ2n) is 8.83. The smallest absolute Gasteiger partial charge is 0.264 e. The van der Waals surface area contributed by atoms with Crippen molar-refractivity contribution in [2.75, 3.05) is 17.4 Å². The van der Waals surface area contributed by atoms with Crippen molar-refractivity contribution in [2.45, 2.75) is 24.3 Å². The molecular weight excluding hydrogens is 434 g/mol. The fraction of sp³-hybridized carbons (Fsp3) is 0.240. The molecule has 0 amide bonds. The predicted octanol–water partition coefficient (Wildman–Crippen LogP) is 5.22. The molecule has 3 aromatic rings. The minimum atomic E-state index is -3.85. The average Bonchev–Trinajstić information content (AvgIpc) is 3.13. The van der Waals surface area contributed by atoms with Gasteiger partial charge in [-0.1, -0.05) is 78.3 Å². The maximum atomic E-state index is 13.8. The molecule has 0 unspecified atom stereocenters. The van der Waals surface area contributed by atoms with Crippen LogP contribution in [0.15, 0.2) is 93.9 Å². The van der Waals surface area contributed by atoms with E-state index in [-0.39, 0.29) is 11.4 Å². The Bertz CT molecular complexity index is 1410. The highest BCUT2D eigenvalue weighted by atomic mass is 32.2. The van der Waals surface area contributed by atoms with Crippen molar-refractivity contribution < 1.29 is 8.42 Å². The molecule has 2 atom stereocenters. The van der Waals surface area contributed by atoms with E-state index in [1.54, 1.807) is 36.4 Å². The van der Waals surface area contributed by atoms with Crippen LogP contribution in [0.4, 0.5) is 5.69 Å². The van der Waals surface area contributed by atoms with Crippen molar-refractivity contribution in [3.05, 3.63) is 106 Å². The summed E-state index contributed by atoms with van der Waals surface area (Å²) in [7, 11) is -3.85. The molecule has 2 heterocycles. The molecule has 3 aromatic carbocycles. The molecule has 0 fully saturated rings. The summed E-state index contributed by atoms with van der Waals surface area (Å²) in [4.78, 5) is 8.31. The van der Waals surface area contributed by atoms with Crippen molar-refractivity contribution in [1.29, 1.82) is 0 Å². The zero-order chi connectivity index (χ0) is 23.3. The van der Waals surface area contributed by atoms with Crippen LogP contribution >= 0.6 is 0 Å². The number of nitrogens with zero attached hydrogens (tertiary/aromatic N) is 5. The molecule has 0 saturated heterocycles. The van der Waals surface area contributed by atoms with Gasteiger partial charge in [-0.05, 0) is 41.8 Å². The van der Waals surface area contributed by atoms with Crippen molar-refractivity contribution in [1.82, 2.24) is 0 Å². The van der Waals surface area contributed by atoms with Crippen LogP contribution in [0.2, 0.25) is 0 Å². The van der Waals surface area contributed by atoms with E-state index < -0.39 is 21.0 Å². The van der Waals surface area contributed by atoms with Gasteiger partial charge >= 0.3 is 0 Å². The number of hydrogen-bond acceptors (Lipinski definition) is 4. The number of para-hydroxylation sites is 1. The Morgan fingerprint density at radius 1 is 1.00 bits per heavy atom. The zero-order valence-corrected chi connectivity index (χ0v) is 19.2. The lowest BCUT2D eigenvalue weighted by Gasteiger charge is -2.49. The summed E-state index contributed by atoms with van der Waals surface area (Å²) in [6.45, 7) is 4.35. The summed E-state index contributed by atoms with van der Waals surface area (Å²) in [6.07, 6.45) is 0. The first kappa shape index (κ1) is 21.2. The van der Waals surface area contributed by atoms with E-state index in [0.717, 1.165) is 11.1 Å². The second-order valence-corrected chi connectivity index (χ2v) is 10.7. The molecule has 0 aromatic heterocycles. The Labute approximate surface area is 193 Å². The number of azide groups is 1. The van der Waals surface area contributed by atoms with Gasteiger partial charge in [0.15, 0.2) is 0 Å². The first-order chi connectivity index (χ1) is 15.8. The van der Waals surface area contributed by atoms with E-state index in [4.69, 9.17) is 4.99 Å². The van der Waals surface area contributed by atoms with Crippen LogP contribution in [-0.2, 0) is 15.6 Å². The third kappa shape index (κ3) is 2.98. The highest BCUT2D eigenvalue weighted by Gasteiger charge is 2.61. The van der Waals surface area contributed by atoms with Crippen molar-refractivity contribution in [3.63, 3.8) is 0 Å². The van der Waals surface area contributed by atoms with E-state index in [2.05, 4.69) is 10.0 Å². The Morgan fingerprint density at radius 2 is 1.67 bits per heavy atom. The van der Waals surface area contributed by atoms with Crippen LogP contribution in [0.3, 0.4) is 0 Å². The largest absolute Gasteiger partial charge is 0.287 e. The molecule has 0 aliphatic carbocycles. The average molecular weight is 458 g/mol. The molecule has 8 heteroatoms. The fourth-order valence-electron chi connectivity index (χ4n) is 5.02. The van der Waals surface area contributed by atoms with Gasteiger partial charge < -0.3 is 0 Å². The molecule has 0 saturated carbocycles. The minimum absolute atomic E-state index is 0.138. The van der Waals surface area contributed by atoms with E-state index >= 15 is 0 Å². The third-order valence-corrected chi connectivity index (χ3v) is 8.48. The number of fused-ring (bicyclic) bond motifs is 3. The maximum Gasteiger partial charge on any atom is 0.264 e. The Balaban J connectivity index is 1.76. The molecule has 0 radical (unpaired) electrons. The van der Waals surface area contributed by atoms with E-state index in [0.29, 0.717) is 23.5 Å². The molecular formula is C25H23N5O2S. The van der Waals surface area contributed by atoms with Crippen molar-refractivity contribution in [2.24, 2.45) is 15.5 Å². The summed E-state index contributed by atoms with van der Waals surface area (Å²) < 4.78 is 29.0. The summed E-state index contributed by atoms with van der Waals surface area (Å²) >= 11 is 0. The molecule has 7 nitrogen and oxygen atoms in total. The van der Waals surface area contributed by atoms with Gasteiger partial charge in [-0.2, -0.15) is 0 Å². The zero-order valence-electron chi connectivity index (χ0n) is 18.4.